The molecule has 2 aromatic rings. The quantitative estimate of drug-likeness (QED) is 0.902. The molecule has 2 rings (SSSR count). The highest BCUT2D eigenvalue weighted by Gasteiger charge is 2.06. The van der Waals surface area contributed by atoms with Crippen LogP contribution in [0.3, 0.4) is 0 Å². The van der Waals surface area contributed by atoms with Gasteiger partial charge in [-0.25, -0.2) is 4.98 Å². The minimum absolute atomic E-state index is 0.180. The molecule has 0 aliphatic carbocycles. The molecule has 0 fully saturated rings. The van der Waals surface area contributed by atoms with Crippen molar-refractivity contribution in [2.75, 3.05) is 0 Å². The van der Waals surface area contributed by atoms with Gasteiger partial charge in [-0.15, -0.1) is 0 Å². The minimum atomic E-state index is 0.180. The van der Waals surface area contributed by atoms with Gasteiger partial charge < -0.3 is 10.3 Å². The lowest BCUT2D eigenvalue weighted by atomic mass is 10.1. The number of hydrogen-bond acceptors (Lipinski definition) is 2. The van der Waals surface area contributed by atoms with Gasteiger partial charge in [0.2, 0.25) is 0 Å². The summed E-state index contributed by atoms with van der Waals surface area (Å²) in [5.74, 6) is 0. The zero-order valence-electron chi connectivity index (χ0n) is 10.8. The van der Waals surface area contributed by atoms with Crippen molar-refractivity contribution in [3.63, 3.8) is 0 Å². The van der Waals surface area contributed by atoms with Crippen molar-refractivity contribution in [1.82, 2.24) is 9.55 Å². The number of halogens is 2. The largest absolute Gasteiger partial charge is 0.333 e. The van der Waals surface area contributed by atoms with Gasteiger partial charge in [-0.3, -0.25) is 0 Å². The zero-order valence-corrected chi connectivity index (χ0v) is 13.2. The molecule has 5 heteroatoms. The third kappa shape index (κ3) is 4.06. The summed E-state index contributed by atoms with van der Waals surface area (Å²) >= 11 is 9.61. The van der Waals surface area contributed by atoms with E-state index in [2.05, 4.69) is 27.8 Å². The lowest BCUT2D eigenvalue weighted by Crippen LogP contribution is -2.21. The molecular formula is C14H17BrClN3. The molecule has 0 spiro atoms. The first-order valence-electron chi connectivity index (χ1n) is 6.28. The Kier molecular flexibility index (Phi) is 5.02. The first-order chi connectivity index (χ1) is 9.08. The molecule has 1 aromatic heterocycles. The van der Waals surface area contributed by atoms with E-state index in [4.69, 9.17) is 17.3 Å². The molecule has 0 amide bonds. The summed E-state index contributed by atoms with van der Waals surface area (Å²) in [5.41, 5.74) is 8.04. The van der Waals surface area contributed by atoms with Gasteiger partial charge in [0.05, 0.1) is 12.0 Å². The fourth-order valence-electron chi connectivity index (χ4n) is 1.86. The molecule has 0 aliphatic rings. The number of hydrogen-bond donors (Lipinski definition) is 1. The van der Waals surface area contributed by atoms with E-state index >= 15 is 0 Å². The predicted octanol–water partition coefficient (Wildman–Crippen LogP) is 3.63. The molecule has 0 radical (unpaired) electrons. The van der Waals surface area contributed by atoms with Crippen LogP contribution in [0, 0.1) is 0 Å². The van der Waals surface area contributed by atoms with Crippen molar-refractivity contribution < 1.29 is 0 Å². The van der Waals surface area contributed by atoms with Crippen molar-refractivity contribution in [1.29, 1.82) is 0 Å². The van der Waals surface area contributed by atoms with Gasteiger partial charge in [0.1, 0.15) is 0 Å². The predicted molar refractivity (Wildman–Crippen MR) is 82.5 cm³/mol. The number of imidazole rings is 1. The van der Waals surface area contributed by atoms with Crippen molar-refractivity contribution in [3.05, 3.63) is 51.5 Å². The second-order valence-electron chi connectivity index (χ2n) is 4.65. The third-order valence-corrected chi connectivity index (χ3v) is 3.90. The lowest BCUT2D eigenvalue weighted by Gasteiger charge is -2.06. The Morgan fingerprint density at radius 1 is 1.47 bits per heavy atom. The van der Waals surface area contributed by atoms with E-state index in [1.807, 2.05) is 35.3 Å². The fraction of sp³-hybridized carbons (Fsp3) is 0.357. The molecule has 0 aliphatic heterocycles. The van der Waals surface area contributed by atoms with Crippen molar-refractivity contribution in [2.45, 2.75) is 32.4 Å². The Bertz CT molecular complexity index is 553. The monoisotopic (exact) mass is 341 g/mol. The van der Waals surface area contributed by atoms with Gasteiger partial charge in [0.15, 0.2) is 0 Å². The van der Waals surface area contributed by atoms with Crippen LogP contribution in [0.1, 0.15) is 24.6 Å². The molecule has 102 valence electrons. The molecular weight excluding hydrogens is 326 g/mol. The summed E-state index contributed by atoms with van der Waals surface area (Å²) in [4.78, 5) is 4.38. The first kappa shape index (κ1) is 14.6. The topological polar surface area (TPSA) is 43.8 Å². The van der Waals surface area contributed by atoms with E-state index in [9.17, 15) is 0 Å². The molecule has 1 aromatic carbocycles. The third-order valence-electron chi connectivity index (χ3n) is 3.05. The standard InChI is InChI=1S/C14H17BrClN3/c1-2-12(17)6-13-8-19(9-18-13)7-10-3-4-11(15)5-14(10)16/h3-5,8-9,12H,2,6-7,17H2,1H3. The SMILES string of the molecule is CCC(N)Cc1cn(Cc2ccc(Br)cc2Cl)cn1. The smallest absolute Gasteiger partial charge is 0.0952 e. The minimum Gasteiger partial charge on any atom is -0.333 e. The average molecular weight is 343 g/mol. The number of benzene rings is 1. The Hall–Kier alpha value is -0.840. The Balaban J connectivity index is 2.07. The molecule has 3 nitrogen and oxygen atoms in total. The lowest BCUT2D eigenvalue weighted by molar-refractivity contribution is 0.638. The average Bonchev–Trinajstić information content (AvgIpc) is 2.80. The molecule has 0 saturated carbocycles. The summed E-state index contributed by atoms with van der Waals surface area (Å²) in [7, 11) is 0. The van der Waals surface area contributed by atoms with Gasteiger partial charge in [-0.2, -0.15) is 0 Å². The van der Waals surface area contributed by atoms with Crippen LogP contribution in [-0.4, -0.2) is 15.6 Å². The second kappa shape index (κ2) is 6.55. The number of rotatable bonds is 5. The number of nitrogens with zero attached hydrogens (tertiary/aromatic N) is 2. The van der Waals surface area contributed by atoms with Crippen molar-refractivity contribution in [2.24, 2.45) is 5.73 Å². The molecule has 1 atom stereocenters. The van der Waals surface area contributed by atoms with E-state index < -0.39 is 0 Å². The fourth-order valence-corrected chi connectivity index (χ4v) is 2.59. The molecule has 0 saturated heterocycles. The summed E-state index contributed by atoms with van der Waals surface area (Å²) < 4.78 is 3.02. The second-order valence-corrected chi connectivity index (χ2v) is 5.97. The van der Waals surface area contributed by atoms with E-state index in [0.29, 0.717) is 0 Å². The summed E-state index contributed by atoms with van der Waals surface area (Å²) in [6.45, 7) is 2.81. The Morgan fingerprint density at radius 2 is 2.26 bits per heavy atom. The van der Waals surface area contributed by atoms with Gasteiger partial charge in [0, 0.05) is 34.7 Å². The van der Waals surface area contributed by atoms with Crippen LogP contribution in [0.2, 0.25) is 5.02 Å². The van der Waals surface area contributed by atoms with Crippen molar-refractivity contribution in [3.8, 4) is 0 Å². The number of aromatic nitrogens is 2. The van der Waals surface area contributed by atoms with Crippen LogP contribution in [0.25, 0.3) is 0 Å². The Morgan fingerprint density at radius 3 is 2.95 bits per heavy atom. The summed E-state index contributed by atoms with van der Waals surface area (Å²) in [6, 6.07) is 6.09. The van der Waals surface area contributed by atoms with E-state index in [0.717, 1.165) is 40.1 Å². The maximum absolute atomic E-state index is 6.21. The van der Waals surface area contributed by atoms with Crippen LogP contribution >= 0.6 is 27.5 Å². The van der Waals surface area contributed by atoms with Crippen LogP contribution in [0.15, 0.2) is 35.2 Å². The van der Waals surface area contributed by atoms with Gasteiger partial charge in [-0.1, -0.05) is 40.5 Å². The first-order valence-corrected chi connectivity index (χ1v) is 7.45. The summed E-state index contributed by atoms with van der Waals surface area (Å²) in [6.07, 6.45) is 5.65. The van der Waals surface area contributed by atoms with Crippen molar-refractivity contribution >= 4 is 27.5 Å². The highest BCUT2D eigenvalue weighted by Crippen LogP contribution is 2.22. The maximum Gasteiger partial charge on any atom is 0.0952 e. The van der Waals surface area contributed by atoms with E-state index in [-0.39, 0.29) is 6.04 Å². The van der Waals surface area contributed by atoms with Crippen LogP contribution < -0.4 is 5.73 Å². The molecule has 19 heavy (non-hydrogen) atoms. The van der Waals surface area contributed by atoms with Gasteiger partial charge in [-0.05, 0) is 24.1 Å². The van der Waals surface area contributed by atoms with Crippen LogP contribution in [0.5, 0.6) is 0 Å². The van der Waals surface area contributed by atoms with Gasteiger partial charge >= 0.3 is 0 Å². The van der Waals surface area contributed by atoms with Crippen LogP contribution in [-0.2, 0) is 13.0 Å². The summed E-state index contributed by atoms with van der Waals surface area (Å²) in [5, 5.41) is 0.759. The molecule has 0 bridgehead atoms. The highest BCUT2D eigenvalue weighted by atomic mass is 79.9. The van der Waals surface area contributed by atoms with E-state index in [1.165, 1.54) is 0 Å². The van der Waals surface area contributed by atoms with E-state index in [1.54, 1.807) is 0 Å². The van der Waals surface area contributed by atoms with Crippen LogP contribution in [0.4, 0.5) is 0 Å². The Labute approximate surface area is 126 Å². The molecule has 1 heterocycles. The molecule has 2 N–H and O–H groups in total. The zero-order chi connectivity index (χ0) is 13.8. The number of nitrogens with two attached hydrogens (primary N) is 1. The maximum atomic E-state index is 6.21. The highest BCUT2D eigenvalue weighted by molar-refractivity contribution is 9.10. The molecule has 1 unspecified atom stereocenters. The van der Waals surface area contributed by atoms with Gasteiger partial charge in [0.25, 0.3) is 0 Å². The normalized spacial score (nSPS) is 12.6.